The summed E-state index contributed by atoms with van der Waals surface area (Å²) in [6.07, 6.45) is 2.09. The Morgan fingerprint density at radius 3 is 2.88 bits per heavy atom. The van der Waals surface area contributed by atoms with Crippen LogP contribution >= 0.6 is 0 Å². The minimum absolute atomic E-state index is 0.0562. The summed E-state index contributed by atoms with van der Waals surface area (Å²) in [5.74, 6) is 1.14. The number of hydrogen-bond donors (Lipinski definition) is 2. The fourth-order valence-electron chi connectivity index (χ4n) is 3.97. The minimum atomic E-state index is -0.256. The lowest BCUT2D eigenvalue weighted by atomic mass is 9.75. The van der Waals surface area contributed by atoms with Crippen LogP contribution in [0.25, 0.3) is 0 Å². The lowest BCUT2D eigenvalue weighted by Gasteiger charge is -2.38. The average molecular weight is 355 g/mol. The third-order valence-corrected chi connectivity index (χ3v) is 5.41. The van der Waals surface area contributed by atoms with Gasteiger partial charge in [-0.05, 0) is 61.9 Å². The predicted molar refractivity (Wildman–Crippen MR) is 97.0 cm³/mol. The minimum Gasteiger partial charge on any atom is -0.493 e. The van der Waals surface area contributed by atoms with Crippen LogP contribution in [0.2, 0.25) is 0 Å². The molecule has 1 aromatic carbocycles. The lowest BCUT2D eigenvalue weighted by molar-refractivity contribution is -0.123. The molecular weight excluding hydrogens is 330 g/mol. The molecule has 1 aliphatic heterocycles. The second-order valence-electron chi connectivity index (χ2n) is 7.48. The first-order valence-electron chi connectivity index (χ1n) is 9.23. The molecule has 2 aliphatic rings. The number of nitrogens with one attached hydrogen (secondary N) is 1. The zero-order chi connectivity index (χ0) is 18.3. The summed E-state index contributed by atoms with van der Waals surface area (Å²) in [6, 6.07) is 8.04. The summed E-state index contributed by atoms with van der Waals surface area (Å²) in [5, 5.41) is 17.3. The van der Waals surface area contributed by atoms with Crippen molar-refractivity contribution in [2.45, 2.75) is 51.8 Å². The van der Waals surface area contributed by atoms with Gasteiger partial charge in [-0.25, -0.2) is 0 Å². The summed E-state index contributed by atoms with van der Waals surface area (Å²) >= 11 is 0. The Bertz CT molecular complexity index is 824. The van der Waals surface area contributed by atoms with E-state index in [9.17, 15) is 9.90 Å². The highest BCUT2D eigenvalue weighted by Gasteiger charge is 2.36. The first kappa shape index (κ1) is 17.1. The Hall–Kier alpha value is -2.34. The van der Waals surface area contributed by atoms with Crippen molar-refractivity contribution < 1.29 is 14.6 Å². The van der Waals surface area contributed by atoms with Crippen LogP contribution in [-0.2, 0) is 17.8 Å². The number of fused-ring (bicyclic) bond motifs is 1. The second-order valence-corrected chi connectivity index (χ2v) is 7.48. The molecule has 1 aliphatic carbocycles. The molecule has 2 aromatic rings. The maximum atomic E-state index is 12.7. The van der Waals surface area contributed by atoms with Crippen molar-refractivity contribution in [2.75, 3.05) is 6.61 Å². The van der Waals surface area contributed by atoms with Gasteiger partial charge in [-0.1, -0.05) is 6.07 Å². The van der Waals surface area contributed by atoms with E-state index < -0.39 is 0 Å². The summed E-state index contributed by atoms with van der Waals surface area (Å²) in [6.45, 7) is 4.80. The van der Waals surface area contributed by atoms with Crippen molar-refractivity contribution in [1.29, 1.82) is 0 Å². The topological polar surface area (TPSA) is 76.4 Å². The van der Waals surface area contributed by atoms with Crippen molar-refractivity contribution in [3.05, 3.63) is 46.8 Å². The van der Waals surface area contributed by atoms with Crippen molar-refractivity contribution >= 4 is 5.91 Å². The number of benzene rings is 1. The van der Waals surface area contributed by atoms with Crippen molar-refractivity contribution in [2.24, 2.45) is 5.92 Å². The third kappa shape index (κ3) is 3.33. The molecule has 1 amide bonds. The molecule has 6 nitrogen and oxygen atoms in total. The van der Waals surface area contributed by atoms with E-state index in [0.29, 0.717) is 0 Å². The number of hydrogen-bond acceptors (Lipinski definition) is 4. The highest BCUT2D eigenvalue weighted by atomic mass is 16.5. The van der Waals surface area contributed by atoms with Crippen LogP contribution in [0, 0.1) is 19.8 Å². The third-order valence-electron chi connectivity index (χ3n) is 5.41. The first-order chi connectivity index (χ1) is 12.5. The van der Waals surface area contributed by atoms with E-state index in [0.717, 1.165) is 48.6 Å². The van der Waals surface area contributed by atoms with Gasteiger partial charge in [0.1, 0.15) is 12.3 Å². The molecule has 2 N–H and O–H groups in total. The number of rotatable bonds is 5. The maximum Gasteiger partial charge on any atom is 0.242 e. The van der Waals surface area contributed by atoms with E-state index >= 15 is 0 Å². The van der Waals surface area contributed by atoms with Gasteiger partial charge in [-0.2, -0.15) is 5.10 Å². The second kappa shape index (κ2) is 6.76. The van der Waals surface area contributed by atoms with E-state index in [2.05, 4.69) is 16.5 Å². The first-order valence-corrected chi connectivity index (χ1v) is 9.23. The van der Waals surface area contributed by atoms with Crippen LogP contribution in [0.15, 0.2) is 24.3 Å². The smallest absolute Gasteiger partial charge is 0.242 e. The standard InChI is InChI=1S/C20H25N3O3/c1-12-7-13(2)23(22-12)11-19(25)21-20(16-9-17(24)10-16)15-3-4-18-14(8-15)5-6-26-18/h3-4,7-8,16-17,20,24H,5-6,9-11H2,1-2H3,(H,21,25)/t16?,17?,20-/m1/s1. The van der Waals surface area contributed by atoms with Gasteiger partial charge >= 0.3 is 0 Å². The number of aliphatic hydroxyl groups excluding tert-OH is 1. The molecule has 0 radical (unpaired) electrons. The molecule has 0 unspecified atom stereocenters. The van der Waals surface area contributed by atoms with Crippen molar-refractivity contribution in [3.8, 4) is 5.75 Å². The highest BCUT2D eigenvalue weighted by Crippen LogP contribution is 2.39. The molecule has 1 atom stereocenters. The summed E-state index contributed by atoms with van der Waals surface area (Å²) in [5.41, 5.74) is 4.17. The van der Waals surface area contributed by atoms with Gasteiger partial charge in [0.05, 0.1) is 24.4 Å². The van der Waals surface area contributed by atoms with E-state index in [4.69, 9.17) is 4.74 Å². The van der Waals surface area contributed by atoms with Gasteiger partial charge in [0, 0.05) is 12.1 Å². The quantitative estimate of drug-likeness (QED) is 0.861. The molecule has 26 heavy (non-hydrogen) atoms. The number of carbonyl (C=O) groups is 1. The van der Waals surface area contributed by atoms with E-state index in [1.165, 1.54) is 5.56 Å². The monoisotopic (exact) mass is 355 g/mol. The molecule has 1 saturated carbocycles. The van der Waals surface area contributed by atoms with Gasteiger partial charge < -0.3 is 15.2 Å². The van der Waals surface area contributed by atoms with E-state index in [1.54, 1.807) is 4.68 Å². The Morgan fingerprint density at radius 2 is 2.19 bits per heavy atom. The van der Waals surface area contributed by atoms with Crippen LogP contribution in [0.3, 0.4) is 0 Å². The molecule has 0 spiro atoms. The number of aryl methyl sites for hydroxylation is 2. The maximum absolute atomic E-state index is 12.7. The van der Waals surface area contributed by atoms with Crippen LogP contribution < -0.4 is 10.1 Å². The molecule has 138 valence electrons. The van der Waals surface area contributed by atoms with Gasteiger partial charge in [-0.15, -0.1) is 0 Å². The summed E-state index contributed by atoms with van der Waals surface area (Å²) in [7, 11) is 0. The van der Waals surface area contributed by atoms with Gasteiger partial charge in [0.25, 0.3) is 0 Å². The normalized spacial score (nSPS) is 22.3. The summed E-state index contributed by atoms with van der Waals surface area (Å²) in [4.78, 5) is 12.7. The SMILES string of the molecule is Cc1cc(C)n(CC(=O)N[C@H](c2ccc3c(c2)CCO3)C2CC(O)C2)n1. The Morgan fingerprint density at radius 1 is 1.38 bits per heavy atom. The fraction of sp³-hybridized carbons (Fsp3) is 0.500. The number of nitrogens with zero attached hydrogens (tertiary/aromatic N) is 2. The molecule has 1 fully saturated rings. The molecule has 2 heterocycles. The Labute approximate surface area is 153 Å². The number of aliphatic hydroxyl groups is 1. The highest BCUT2D eigenvalue weighted by molar-refractivity contribution is 5.76. The van der Waals surface area contributed by atoms with Crippen LogP contribution in [0.4, 0.5) is 0 Å². The Balaban J connectivity index is 1.52. The van der Waals surface area contributed by atoms with Crippen molar-refractivity contribution in [1.82, 2.24) is 15.1 Å². The average Bonchev–Trinajstić information content (AvgIpc) is 3.15. The molecule has 0 saturated heterocycles. The zero-order valence-corrected chi connectivity index (χ0v) is 15.2. The Kier molecular flexibility index (Phi) is 4.44. The molecule has 0 bridgehead atoms. The molecular formula is C20H25N3O3. The number of carbonyl (C=O) groups excluding carboxylic acids is 1. The van der Waals surface area contributed by atoms with Crippen LogP contribution in [0.5, 0.6) is 5.75 Å². The predicted octanol–water partition coefficient (Wildman–Crippen LogP) is 2.06. The van der Waals surface area contributed by atoms with Gasteiger partial charge in [0.15, 0.2) is 0 Å². The molecule has 6 heteroatoms. The van der Waals surface area contributed by atoms with E-state index in [1.807, 2.05) is 32.0 Å². The molecule has 1 aromatic heterocycles. The van der Waals surface area contributed by atoms with Gasteiger partial charge in [-0.3, -0.25) is 9.48 Å². The number of aromatic nitrogens is 2. The lowest BCUT2D eigenvalue weighted by Crippen LogP contribution is -2.42. The van der Waals surface area contributed by atoms with Crippen molar-refractivity contribution in [3.63, 3.8) is 0 Å². The molecule has 4 rings (SSSR count). The largest absolute Gasteiger partial charge is 0.493 e. The fourth-order valence-corrected chi connectivity index (χ4v) is 3.97. The van der Waals surface area contributed by atoms with Crippen LogP contribution in [0.1, 0.15) is 41.4 Å². The summed E-state index contributed by atoms with van der Waals surface area (Å²) < 4.78 is 7.32. The number of amides is 1. The van der Waals surface area contributed by atoms with Gasteiger partial charge in [0.2, 0.25) is 5.91 Å². The van der Waals surface area contributed by atoms with E-state index in [-0.39, 0.29) is 30.5 Å². The van der Waals surface area contributed by atoms with Crippen LogP contribution in [-0.4, -0.2) is 33.5 Å². The zero-order valence-electron chi connectivity index (χ0n) is 15.2. The number of ether oxygens (including phenoxy) is 1.